The Labute approximate surface area is 238 Å². The van der Waals surface area contributed by atoms with Crippen molar-refractivity contribution < 1.29 is 24.3 Å². The molecule has 4 N–H and O–H groups in total. The molecular formula is C27H27FN6O4S2. The van der Waals surface area contributed by atoms with Gasteiger partial charge in [0.2, 0.25) is 0 Å². The number of rotatable bonds is 12. The lowest BCUT2D eigenvalue weighted by Crippen LogP contribution is -2.33. The van der Waals surface area contributed by atoms with Crippen molar-refractivity contribution in [1.82, 2.24) is 25.3 Å². The van der Waals surface area contributed by atoms with Gasteiger partial charge in [0.15, 0.2) is 16.6 Å². The highest BCUT2D eigenvalue weighted by molar-refractivity contribution is 8.01. The van der Waals surface area contributed by atoms with Crippen LogP contribution in [-0.2, 0) is 6.54 Å². The van der Waals surface area contributed by atoms with Gasteiger partial charge in [-0.1, -0.05) is 72.8 Å². The lowest BCUT2D eigenvalue weighted by atomic mass is 9.94. The predicted octanol–water partition coefficient (Wildman–Crippen LogP) is 6.15. The van der Waals surface area contributed by atoms with Crippen molar-refractivity contribution >= 4 is 46.0 Å². The molecule has 3 heterocycles. The summed E-state index contributed by atoms with van der Waals surface area (Å²) in [6, 6.07) is 14.5. The summed E-state index contributed by atoms with van der Waals surface area (Å²) in [7, 11) is 0. The van der Waals surface area contributed by atoms with Crippen LogP contribution < -0.4 is 10.6 Å². The zero-order valence-electron chi connectivity index (χ0n) is 21.5. The maximum Gasteiger partial charge on any atom is 0.404 e. The first kappa shape index (κ1) is 28.9. The molecule has 0 radical (unpaired) electrons. The van der Waals surface area contributed by atoms with Crippen LogP contribution in [0.15, 0.2) is 76.2 Å². The van der Waals surface area contributed by atoms with E-state index in [-0.39, 0.29) is 23.9 Å². The summed E-state index contributed by atoms with van der Waals surface area (Å²) in [6.07, 6.45) is 4.94. The number of nitrogens with one attached hydrogen (secondary N) is 2. The molecule has 0 saturated heterocycles. The molecule has 1 atom stereocenters. The SMILES string of the molecule is CCCC(CN(O)C(=O)c1nccc(Sc2cnc(Nc3ccc(CNC(=O)O)cn3)s2)c1F)c1ccccc1. The fraction of sp³-hybridized carbons (Fsp3) is 0.222. The fourth-order valence-corrected chi connectivity index (χ4v) is 5.73. The number of nitrogens with zero attached hydrogens (tertiary/aromatic N) is 4. The Morgan fingerprint density at radius 1 is 1.10 bits per heavy atom. The molecule has 1 aromatic carbocycles. The molecule has 1 unspecified atom stereocenters. The van der Waals surface area contributed by atoms with Gasteiger partial charge in [0.25, 0.3) is 5.91 Å². The van der Waals surface area contributed by atoms with E-state index in [0.717, 1.165) is 30.2 Å². The standard InChI is InChI=1S/C27H27FN6O4S2/c1-2-6-19(18-7-4-3-5-8-18)16-34(38)25(35)24-23(28)20(11-12-29-24)39-22-15-31-26(40-22)33-21-10-9-17(13-30-21)14-32-27(36)37/h3-5,7-13,15,19,32,38H,2,6,14,16H2,1H3,(H,36,37)(H,30,31,33). The largest absolute Gasteiger partial charge is 0.465 e. The average Bonchev–Trinajstić information content (AvgIpc) is 3.40. The van der Waals surface area contributed by atoms with Crippen LogP contribution in [0.3, 0.4) is 0 Å². The van der Waals surface area contributed by atoms with Crippen molar-refractivity contribution in [1.29, 1.82) is 0 Å². The molecule has 13 heteroatoms. The lowest BCUT2D eigenvalue weighted by molar-refractivity contribution is -0.0630. The van der Waals surface area contributed by atoms with Gasteiger partial charge in [-0.2, -0.15) is 0 Å². The average molecular weight is 583 g/mol. The highest BCUT2D eigenvalue weighted by Gasteiger charge is 2.25. The van der Waals surface area contributed by atoms with Crippen molar-refractivity contribution in [3.8, 4) is 0 Å². The Balaban J connectivity index is 1.40. The Morgan fingerprint density at radius 3 is 2.60 bits per heavy atom. The maximum absolute atomic E-state index is 15.4. The third-order valence-electron chi connectivity index (χ3n) is 5.79. The van der Waals surface area contributed by atoms with Crippen LogP contribution in [0.5, 0.6) is 0 Å². The number of pyridine rings is 2. The second-order valence-corrected chi connectivity index (χ2v) is 11.0. The normalized spacial score (nSPS) is 11.6. The molecule has 2 amide bonds. The van der Waals surface area contributed by atoms with Crippen LogP contribution in [0.1, 0.15) is 47.3 Å². The molecule has 3 aromatic heterocycles. The smallest absolute Gasteiger partial charge is 0.404 e. The van der Waals surface area contributed by atoms with E-state index in [1.807, 2.05) is 37.3 Å². The summed E-state index contributed by atoms with van der Waals surface area (Å²) in [4.78, 5) is 36.2. The second-order valence-electron chi connectivity index (χ2n) is 8.68. The molecule has 0 aliphatic rings. The van der Waals surface area contributed by atoms with Gasteiger partial charge in [-0.05, 0) is 29.7 Å². The molecule has 0 fully saturated rings. The third kappa shape index (κ3) is 7.74. The van der Waals surface area contributed by atoms with E-state index in [9.17, 15) is 14.8 Å². The predicted molar refractivity (Wildman–Crippen MR) is 150 cm³/mol. The van der Waals surface area contributed by atoms with Crippen LogP contribution in [-0.4, -0.2) is 48.9 Å². The molecule has 0 saturated carbocycles. The Kier molecular flexibility index (Phi) is 10.00. The number of benzene rings is 1. The Bertz CT molecular complexity index is 1440. The Hall–Kier alpha value is -4.07. The van der Waals surface area contributed by atoms with Crippen molar-refractivity contribution in [3.05, 3.63) is 89.8 Å². The van der Waals surface area contributed by atoms with E-state index < -0.39 is 23.5 Å². The molecule has 0 aliphatic heterocycles. The van der Waals surface area contributed by atoms with Gasteiger partial charge in [0.05, 0.1) is 21.8 Å². The van der Waals surface area contributed by atoms with Crippen molar-refractivity contribution in [2.24, 2.45) is 0 Å². The van der Waals surface area contributed by atoms with Crippen LogP contribution >= 0.6 is 23.1 Å². The molecule has 4 rings (SSSR count). The lowest BCUT2D eigenvalue weighted by Gasteiger charge is -2.22. The quantitative estimate of drug-likeness (QED) is 0.114. The maximum atomic E-state index is 15.4. The van der Waals surface area contributed by atoms with Crippen LogP contribution in [0.4, 0.5) is 20.1 Å². The first-order valence-corrected chi connectivity index (χ1v) is 14.0. The molecule has 4 aromatic rings. The van der Waals surface area contributed by atoms with Gasteiger partial charge in [-0.15, -0.1) is 0 Å². The molecule has 208 valence electrons. The van der Waals surface area contributed by atoms with E-state index in [2.05, 4.69) is 25.6 Å². The highest BCUT2D eigenvalue weighted by atomic mass is 32.2. The fourth-order valence-electron chi connectivity index (χ4n) is 3.87. The molecule has 10 nitrogen and oxygen atoms in total. The van der Waals surface area contributed by atoms with Gasteiger partial charge in [-0.3, -0.25) is 10.0 Å². The summed E-state index contributed by atoms with van der Waals surface area (Å²) in [6.45, 7) is 2.18. The van der Waals surface area contributed by atoms with E-state index in [1.54, 1.807) is 24.5 Å². The Morgan fingerprint density at radius 2 is 1.90 bits per heavy atom. The first-order valence-electron chi connectivity index (χ1n) is 12.4. The summed E-state index contributed by atoms with van der Waals surface area (Å²) < 4.78 is 16.0. The topological polar surface area (TPSA) is 141 Å². The first-order chi connectivity index (χ1) is 19.3. The number of carbonyl (C=O) groups is 2. The van der Waals surface area contributed by atoms with Gasteiger partial charge >= 0.3 is 6.09 Å². The third-order valence-corrected chi connectivity index (χ3v) is 7.84. The number of hydrogen-bond donors (Lipinski definition) is 4. The molecule has 0 spiro atoms. The van der Waals surface area contributed by atoms with Crippen molar-refractivity contribution in [2.45, 2.75) is 41.3 Å². The summed E-state index contributed by atoms with van der Waals surface area (Å²) in [5.74, 6) is -1.32. The molecule has 40 heavy (non-hydrogen) atoms. The highest BCUT2D eigenvalue weighted by Crippen LogP contribution is 2.36. The number of carbonyl (C=O) groups excluding carboxylic acids is 1. The van der Waals surface area contributed by atoms with Gasteiger partial charge in [0.1, 0.15) is 5.82 Å². The number of hydroxylamine groups is 2. The number of carboxylic acid groups (broad SMARTS) is 1. The van der Waals surface area contributed by atoms with E-state index in [1.165, 1.54) is 23.6 Å². The molecule has 0 aliphatic carbocycles. The second kappa shape index (κ2) is 13.8. The van der Waals surface area contributed by atoms with Gasteiger partial charge in [0, 0.05) is 24.9 Å². The zero-order chi connectivity index (χ0) is 28.5. The minimum absolute atomic E-state index is 0.0180. The number of thiazole rings is 1. The zero-order valence-corrected chi connectivity index (χ0v) is 23.1. The van der Waals surface area contributed by atoms with Gasteiger partial charge in [-0.25, -0.2) is 29.2 Å². The number of aromatic nitrogens is 3. The van der Waals surface area contributed by atoms with Crippen molar-refractivity contribution in [3.63, 3.8) is 0 Å². The molecular weight excluding hydrogens is 555 g/mol. The number of anilines is 2. The minimum Gasteiger partial charge on any atom is -0.465 e. The summed E-state index contributed by atoms with van der Waals surface area (Å²) in [5, 5.41) is 25.6. The van der Waals surface area contributed by atoms with Gasteiger partial charge < -0.3 is 15.7 Å². The summed E-state index contributed by atoms with van der Waals surface area (Å²) >= 11 is 2.34. The van der Waals surface area contributed by atoms with Crippen LogP contribution in [0.25, 0.3) is 0 Å². The van der Waals surface area contributed by atoms with E-state index >= 15 is 4.39 Å². The van der Waals surface area contributed by atoms with E-state index in [4.69, 9.17) is 5.11 Å². The minimum atomic E-state index is -1.12. The monoisotopic (exact) mass is 582 g/mol. The van der Waals surface area contributed by atoms with Crippen molar-refractivity contribution in [2.75, 3.05) is 11.9 Å². The molecule has 0 bridgehead atoms. The van der Waals surface area contributed by atoms with Crippen LogP contribution in [0.2, 0.25) is 0 Å². The summed E-state index contributed by atoms with van der Waals surface area (Å²) in [5.41, 5.74) is 1.23. The van der Waals surface area contributed by atoms with E-state index in [0.29, 0.717) is 25.8 Å². The number of amides is 2. The number of hydrogen-bond acceptors (Lipinski definition) is 9. The number of halogens is 1. The van der Waals surface area contributed by atoms with Crippen LogP contribution in [0, 0.1) is 5.82 Å².